The summed E-state index contributed by atoms with van der Waals surface area (Å²) in [6.45, 7) is 1.80. The molecule has 0 spiro atoms. The van der Waals surface area contributed by atoms with Gasteiger partial charge in [0, 0.05) is 40.1 Å². The van der Waals surface area contributed by atoms with Crippen LogP contribution in [-0.2, 0) is 4.79 Å². The molecular weight excluding hydrogens is 402 g/mol. The number of carbonyl (C=O) groups excluding carboxylic acids is 1. The fourth-order valence-corrected chi connectivity index (χ4v) is 5.36. The number of thiazole rings is 1. The largest absolute Gasteiger partial charge is 0.483 e. The zero-order valence-corrected chi connectivity index (χ0v) is 17.8. The van der Waals surface area contributed by atoms with Gasteiger partial charge >= 0.3 is 0 Å². The molecule has 3 aromatic rings. The minimum Gasteiger partial charge on any atom is -0.483 e. The first-order chi connectivity index (χ1) is 14.5. The summed E-state index contributed by atoms with van der Waals surface area (Å²) < 4.78 is 0. The first-order valence-corrected chi connectivity index (χ1v) is 10.8. The fraction of sp³-hybridized carbons (Fsp3) is 0.429. The monoisotopic (exact) mass is 427 g/mol. The van der Waals surface area contributed by atoms with E-state index in [2.05, 4.69) is 32.4 Å². The van der Waals surface area contributed by atoms with Crippen molar-refractivity contribution in [2.45, 2.75) is 50.7 Å². The fourth-order valence-electron chi connectivity index (χ4n) is 4.60. The first kappa shape index (κ1) is 20.5. The molecule has 0 saturated carbocycles. The standard InChI is InChI=1S/C20H23N5OS.CH2O2/c1-11-10-21-20(27-11)12-3-6-16-17(7-12)23-24-18(16)19(26)22-13-8-14-4-5-15(9-13)25(14)2;2-1-3/h3,6-7,10,13-15H,4-5,8-9H2,1-2H3,(H,22,26)(H,23,24);1H,(H,2,3). The van der Waals surface area contributed by atoms with Gasteiger partial charge in [-0.25, -0.2) is 4.98 Å². The number of nitrogens with one attached hydrogen (secondary N) is 2. The number of H-pyrrole nitrogens is 1. The van der Waals surface area contributed by atoms with Crippen molar-refractivity contribution in [2.24, 2.45) is 0 Å². The predicted octanol–water partition coefficient (Wildman–Crippen LogP) is 3.05. The van der Waals surface area contributed by atoms with Gasteiger partial charge in [-0.15, -0.1) is 11.3 Å². The Kier molecular flexibility index (Phi) is 5.83. The van der Waals surface area contributed by atoms with Crippen LogP contribution in [0, 0.1) is 6.92 Å². The molecular formula is C21H25N5O3S. The van der Waals surface area contributed by atoms with E-state index in [9.17, 15) is 4.79 Å². The molecule has 2 saturated heterocycles. The van der Waals surface area contributed by atoms with Crippen LogP contribution < -0.4 is 5.32 Å². The van der Waals surface area contributed by atoms with Gasteiger partial charge in [0.05, 0.1) is 5.52 Å². The molecule has 0 radical (unpaired) electrons. The van der Waals surface area contributed by atoms with Crippen molar-refractivity contribution in [3.05, 3.63) is 35.0 Å². The molecule has 3 N–H and O–H groups in total. The van der Waals surface area contributed by atoms with Crippen LogP contribution in [0.15, 0.2) is 24.4 Å². The highest BCUT2D eigenvalue weighted by molar-refractivity contribution is 7.14. The Balaban J connectivity index is 0.000000687. The molecule has 30 heavy (non-hydrogen) atoms. The Morgan fingerprint density at radius 3 is 2.67 bits per heavy atom. The van der Waals surface area contributed by atoms with Crippen LogP contribution in [0.5, 0.6) is 0 Å². The van der Waals surface area contributed by atoms with Crippen LogP contribution in [-0.4, -0.2) is 62.7 Å². The number of aryl methyl sites for hydroxylation is 1. The minimum atomic E-state index is -0.250. The quantitative estimate of drug-likeness (QED) is 0.554. The lowest BCUT2D eigenvalue weighted by Crippen LogP contribution is -2.48. The Morgan fingerprint density at radius 1 is 1.33 bits per heavy atom. The number of carboxylic acid groups (broad SMARTS) is 1. The number of hydrogen-bond acceptors (Lipinski definition) is 6. The summed E-state index contributed by atoms with van der Waals surface area (Å²) in [6.07, 6.45) is 6.45. The molecule has 2 aliphatic heterocycles. The highest BCUT2D eigenvalue weighted by Crippen LogP contribution is 2.34. The van der Waals surface area contributed by atoms with Crippen LogP contribution in [0.4, 0.5) is 0 Å². The number of fused-ring (bicyclic) bond motifs is 3. The SMILES string of the molecule is Cc1cnc(-c2ccc3c(C(=O)NC4CC5CCC(C4)N5C)n[nH]c3c2)s1.O=CO. The number of aromatic amines is 1. The highest BCUT2D eigenvalue weighted by atomic mass is 32.1. The predicted molar refractivity (Wildman–Crippen MR) is 116 cm³/mol. The van der Waals surface area contributed by atoms with E-state index in [0.717, 1.165) is 34.3 Å². The molecule has 9 heteroatoms. The van der Waals surface area contributed by atoms with Crippen molar-refractivity contribution in [3.8, 4) is 10.6 Å². The maximum atomic E-state index is 12.8. The number of carbonyl (C=O) groups is 2. The molecule has 8 nitrogen and oxygen atoms in total. The molecule has 1 aromatic carbocycles. The molecule has 2 bridgehead atoms. The van der Waals surface area contributed by atoms with Crippen molar-refractivity contribution >= 4 is 34.6 Å². The van der Waals surface area contributed by atoms with Gasteiger partial charge in [0.2, 0.25) is 0 Å². The van der Waals surface area contributed by atoms with Crippen LogP contribution in [0.25, 0.3) is 21.5 Å². The second kappa shape index (κ2) is 8.53. The van der Waals surface area contributed by atoms with Crippen molar-refractivity contribution < 1.29 is 14.7 Å². The number of rotatable bonds is 3. The number of benzene rings is 1. The summed E-state index contributed by atoms with van der Waals surface area (Å²) in [5.41, 5.74) is 2.40. The third-order valence-electron chi connectivity index (χ3n) is 6.08. The molecule has 2 aromatic heterocycles. The first-order valence-electron chi connectivity index (χ1n) is 10.0. The number of piperidine rings is 1. The second-order valence-electron chi connectivity index (χ2n) is 7.91. The van der Waals surface area contributed by atoms with E-state index in [0.29, 0.717) is 17.8 Å². The molecule has 2 atom stereocenters. The normalized spacial score (nSPS) is 23.1. The minimum absolute atomic E-state index is 0.0759. The average molecular weight is 428 g/mol. The zero-order valence-electron chi connectivity index (χ0n) is 17.0. The van der Waals surface area contributed by atoms with E-state index in [4.69, 9.17) is 9.90 Å². The Bertz CT molecular complexity index is 1050. The summed E-state index contributed by atoms with van der Waals surface area (Å²) in [6, 6.07) is 7.47. The van der Waals surface area contributed by atoms with Crippen LogP contribution >= 0.6 is 11.3 Å². The highest BCUT2D eigenvalue weighted by Gasteiger charge is 2.39. The molecule has 158 valence electrons. The average Bonchev–Trinajstić information content (AvgIpc) is 3.38. The summed E-state index contributed by atoms with van der Waals surface area (Å²) in [7, 11) is 2.21. The van der Waals surface area contributed by atoms with Crippen LogP contribution in [0.3, 0.4) is 0 Å². The zero-order chi connectivity index (χ0) is 21.3. The van der Waals surface area contributed by atoms with E-state index >= 15 is 0 Å². The van der Waals surface area contributed by atoms with Crippen molar-refractivity contribution in [2.75, 3.05) is 7.05 Å². The maximum absolute atomic E-state index is 12.8. The van der Waals surface area contributed by atoms with Crippen molar-refractivity contribution in [1.82, 2.24) is 25.4 Å². The number of nitrogens with zero attached hydrogens (tertiary/aromatic N) is 3. The van der Waals surface area contributed by atoms with Crippen LogP contribution in [0.1, 0.15) is 41.0 Å². The Hall–Kier alpha value is -2.78. The summed E-state index contributed by atoms with van der Waals surface area (Å²) in [4.78, 5) is 29.3. The molecule has 0 aliphatic carbocycles. The molecule has 5 rings (SSSR count). The lowest BCUT2D eigenvalue weighted by molar-refractivity contribution is -0.122. The number of hydrogen-bond donors (Lipinski definition) is 3. The van der Waals surface area contributed by atoms with Crippen molar-refractivity contribution in [1.29, 1.82) is 0 Å². The summed E-state index contributed by atoms with van der Waals surface area (Å²) in [5, 5.41) is 19.3. The summed E-state index contributed by atoms with van der Waals surface area (Å²) >= 11 is 1.66. The number of amides is 1. The molecule has 2 aliphatic rings. The van der Waals surface area contributed by atoms with E-state index in [1.165, 1.54) is 17.7 Å². The smallest absolute Gasteiger partial charge is 0.290 e. The van der Waals surface area contributed by atoms with E-state index in [1.54, 1.807) is 11.3 Å². The van der Waals surface area contributed by atoms with E-state index in [-0.39, 0.29) is 18.4 Å². The lowest BCUT2D eigenvalue weighted by atomic mass is 9.98. The van der Waals surface area contributed by atoms with E-state index < -0.39 is 0 Å². The van der Waals surface area contributed by atoms with Gasteiger partial charge in [0.25, 0.3) is 12.4 Å². The van der Waals surface area contributed by atoms with Gasteiger partial charge in [-0.2, -0.15) is 5.10 Å². The lowest BCUT2D eigenvalue weighted by Gasteiger charge is -2.36. The second-order valence-corrected chi connectivity index (χ2v) is 9.14. The number of aromatic nitrogens is 3. The molecule has 2 unspecified atom stereocenters. The molecule has 1 amide bonds. The van der Waals surface area contributed by atoms with Gasteiger partial charge in [-0.1, -0.05) is 6.07 Å². The summed E-state index contributed by atoms with van der Waals surface area (Å²) in [5.74, 6) is -0.0759. The maximum Gasteiger partial charge on any atom is 0.290 e. The van der Waals surface area contributed by atoms with Gasteiger partial charge in [-0.05, 0) is 51.8 Å². The third kappa shape index (κ3) is 3.95. The van der Waals surface area contributed by atoms with Crippen molar-refractivity contribution in [3.63, 3.8) is 0 Å². The Morgan fingerprint density at radius 2 is 2.03 bits per heavy atom. The van der Waals surface area contributed by atoms with E-state index in [1.807, 2.05) is 31.3 Å². The van der Waals surface area contributed by atoms with Gasteiger partial charge in [0.15, 0.2) is 5.69 Å². The van der Waals surface area contributed by atoms with Gasteiger partial charge in [0.1, 0.15) is 5.01 Å². The van der Waals surface area contributed by atoms with Gasteiger partial charge in [-0.3, -0.25) is 14.7 Å². The topological polar surface area (TPSA) is 111 Å². The Labute approximate surface area is 178 Å². The molecule has 2 fully saturated rings. The van der Waals surface area contributed by atoms with Gasteiger partial charge < -0.3 is 15.3 Å². The molecule has 4 heterocycles. The van der Waals surface area contributed by atoms with Crippen LogP contribution in [0.2, 0.25) is 0 Å². The third-order valence-corrected chi connectivity index (χ3v) is 7.04.